The molecule has 30 heavy (non-hydrogen) atoms. The fourth-order valence-corrected chi connectivity index (χ4v) is 6.93. The number of fused-ring (bicyclic) bond motifs is 1. The number of imide groups is 1. The second-order valence-corrected chi connectivity index (χ2v) is 10.8. The number of hydrogen-bond donors (Lipinski definition) is 1. The minimum absolute atomic E-state index is 0.00345. The average Bonchev–Trinajstić information content (AvgIpc) is 3.36. The standard InChI is InChI=1S/C22H28N2O5S/c25-20(12-13-24-21(26)18-10-3-4-11-19(18)22(24)27)23-15-6-5-9-17(14-15)30(28,29)16-7-1-2-8-16/h5-6,9,14,16,18-19H,1-4,7-8,10-13H2,(H,23,25). The van der Waals surface area contributed by atoms with E-state index in [-0.39, 0.29) is 52.7 Å². The lowest BCUT2D eigenvalue weighted by Gasteiger charge is -2.19. The van der Waals surface area contributed by atoms with Crippen molar-refractivity contribution in [3.8, 4) is 0 Å². The van der Waals surface area contributed by atoms with Crippen molar-refractivity contribution >= 4 is 33.2 Å². The highest BCUT2D eigenvalue weighted by Crippen LogP contribution is 2.38. The predicted molar refractivity (Wildman–Crippen MR) is 111 cm³/mol. The van der Waals surface area contributed by atoms with Gasteiger partial charge in [0.2, 0.25) is 17.7 Å². The molecule has 3 aliphatic rings. The molecule has 3 amide bonds. The van der Waals surface area contributed by atoms with E-state index in [0.717, 1.165) is 38.5 Å². The zero-order valence-electron chi connectivity index (χ0n) is 17.0. The number of likely N-dealkylation sites (tertiary alicyclic amines) is 1. The van der Waals surface area contributed by atoms with Crippen LogP contribution in [0.3, 0.4) is 0 Å². The Balaban J connectivity index is 1.37. The highest BCUT2D eigenvalue weighted by molar-refractivity contribution is 7.92. The minimum atomic E-state index is -3.40. The number of anilines is 1. The smallest absolute Gasteiger partial charge is 0.233 e. The van der Waals surface area contributed by atoms with Crippen LogP contribution in [-0.4, -0.2) is 42.8 Å². The van der Waals surface area contributed by atoms with Crippen molar-refractivity contribution in [3.05, 3.63) is 24.3 Å². The number of rotatable bonds is 6. The van der Waals surface area contributed by atoms with Crippen LogP contribution >= 0.6 is 0 Å². The topological polar surface area (TPSA) is 101 Å². The van der Waals surface area contributed by atoms with Crippen LogP contribution in [0.1, 0.15) is 57.8 Å². The second-order valence-electron chi connectivity index (χ2n) is 8.60. The number of nitrogens with one attached hydrogen (secondary N) is 1. The van der Waals surface area contributed by atoms with Gasteiger partial charge in [-0.15, -0.1) is 0 Å². The minimum Gasteiger partial charge on any atom is -0.326 e. The van der Waals surface area contributed by atoms with Crippen molar-refractivity contribution in [2.45, 2.75) is 67.9 Å². The fraction of sp³-hybridized carbons (Fsp3) is 0.591. The normalized spacial score (nSPS) is 24.9. The highest BCUT2D eigenvalue weighted by Gasteiger charge is 2.47. The lowest BCUT2D eigenvalue weighted by atomic mass is 9.81. The molecule has 2 atom stereocenters. The van der Waals surface area contributed by atoms with Crippen molar-refractivity contribution in [2.24, 2.45) is 11.8 Å². The van der Waals surface area contributed by atoms with Crippen molar-refractivity contribution in [2.75, 3.05) is 11.9 Å². The van der Waals surface area contributed by atoms with E-state index in [4.69, 9.17) is 0 Å². The van der Waals surface area contributed by atoms with Gasteiger partial charge in [-0.1, -0.05) is 31.7 Å². The first-order valence-corrected chi connectivity index (χ1v) is 12.4. The summed E-state index contributed by atoms with van der Waals surface area (Å²) >= 11 is 0. The molecule has 1 heterocycles. The molecule has 2 unspecified atom stereocenters. The summed E-state index contributed by atoms with van der Waals surface area (Å²) in [6.45, 7) is 0.0660. The summed E-state index contributed by atoms with van der Waals surface area (Å²) in [6, 6.07) is 6.32. The van der Waals surface area contributed by atoms with Crippen molar-refractivity contribution < 1.29 is 22.8 Å². The summed E-state index contributed by atoms with van der Waals surface area (Å²) in [6.07, 6.45) is 6.64. The molecule has 4 rings (SSSR count). The quantitative estimate of drug-likeness (QED) is 0.697. The van der Waals surface area contributed by atoms with Gasteiger partial charge in [0, 0.05) is 18.7 Å². The van der Waals surface area contributed by atoms with Crippen molar-refractivity contribution in [1.82, 2.24) is 4.90 Å². The number of sulfone groups is 1. The van der Waals surface area contributed by atoms with Crippen LogP contribution in [0.5, 0.6) is 0 Å². The molecule has 1 N–H and O–H groups in total. The molecular weight excluding hydrogens is 404 g/mol. The van der Waals surface area contributed by atoms with Crippen LogP contribution in [0.25, 0.3) is 0 Å². The summed E-state index contributed by atoms with van der Waals surface area (Å²) in [7, 11) is -3.40. The molecule has 7 nitrogen and oxygen atoms in total. The van der Waals surface area contributed by atoms with E-state index < -0.39 is 9.84 Å². The van der Waals surface area contributed by atoms with Gasteiger partial charge in [0.25, 0.3) is 0 Å². The fourth-order valence-electron chi connectivity index (χ4n) is 5.03. The summed E-state index contributed by atoms with van der Waals surface area (Å²) in [5.74, 6) is -1.08. The van der Waals surface area contributed by atoms with E-state index in [1.54, 1.807) is 18.2 Å². The zero-order chi connectivity index (χ0) is 21.3. The number of hydrogen-bond acceptors (Lipinski definition) is 5. The van der Waals surface area contributed by atoms with Gasteiger partial charge in [-0.25, -0.2) is 8.42 Å². The molecule has 3 fully saturated rings. The lowest BCUT2D eigenvalue weighted by molar-refractivity contribution is -0.140. The molecular formula is C22H28N2O5S. The Kier molecular flexibility index (Phi) is 5.95. The van der Waals surface area contributed by atoms with Gasteiger partial charge >= 0.3 is 0 Å². The van der Waals surface area contributed by atoms with E-state index in [9.17, 15) is 22.8 Å². The summed E-state index contributed by atoms with van der Waals surface area (Å²) < 4.78 is 25.5. The Labute approximate surface area is 177 Å². The van der Waals surface area contributed by atoms with Crippen LogP contribution < -0.4 is 5.32 Å². The SMILES string of the molecule is O=C(CCN1C(=O)C2CCCCC2C1=O)Nc1cccc(S(=O)(=O)C2CCCC2)c1. The number of benzene rings is 1. The van der Waals surface area contributed by atoms with Gasteiger partial charge in [0.1, 0.15) is 0 Å². The first kappa shape index (κ1) is 21.0. The molecule has 0 spiro atoms. The van der Waals surface area contributed by atoms with Gasteiger partial charge in [0.15, 0.2) is 9.84 Å². The van der Waals surface area contributed by atoms with Crippen molar-refractivity contribution in [1.29, 1.82) is 0 Å². The largest absolute Gasteiger partial charge is 0.326 e. The molecule has 0 radical (unpaired) electrons. The van der Waals surface area contributed by atoms with E-state index in [0.29, 0.717) is 18.5 Å². The highest BCUT2D eigenvalue weighted by atomic mass is 32.2. The summed E-state index contributed by atoms with van der Waals surface area (Å²) in [4.78, 5) is 38.9. The Morgan fingerprint density at radius 1 is 0.967 bits per heavy atom. The van der Waals surface area contributed by atoms with Gasteiger partial charge < -0.3 is 5.32 Å². The van der Waals surface area contributed by atoms with Crippen molar-refractivity contribution in [3.63, 3.8) is 0 Å². The molecule has 2 saturated carbocycles. The Morgan fingerprint density at radius 3 is 2.20 bits per heavy atom. The Morgan fingerprint density at radius 2 is 1.57 bits per heavy atom. The second kappa shape index (κ2) is 8.49. The molecule has 1 saturated heterocycles. The van der Waals surface area contributed by atoms with Gasteiger partial charge in [-0.3, -0.25) is 19.3 Å². The van der Waals surface area contributed by atoms with Crippen LogP contribution in [0.15, 0.2) is 29.2 Å². The van der Waals surface area contributed by atoms with Gasteiger partial charge in [-0.2, -0.15) is 0 Å². The molecule has 1 aromatic rings. The first-order valence-electron chi connectivity index (χ1n) is 10.9. The number of amides is 3. The predicted octanol–water partition coefficient (Wildman–Crippen LogP) is 2.91. The molecule has 8 heteroatoms. The maximum absolute atomic E-state index is 12.8. The van der Waals surface area contributed by atoms with Gasteiger partial charge in [0.05, 0.1) is 22.0 Å². The summed E-state index contributed by atoms with van der Waals surface area (Å²) in [5, 5.41) is 2.36. The van der Waals surface area contributed by atoms with Crippen LogP contribution in [0.4, 0.5) is 5.69 Å². The molecule has 2 aliphatic carbocycles. The molecule has 1 aliphatic heterocycles. The average molecular weight is 433 g/mol. The summed E-state index contributed by atoms with van der Waals surface area (Å²) in [5.41, 5.74) is 0.409. The zero-order valence-corrected chi connectivity index (χ0v) is 17.8. The number of carbonyl (C=O) groups excluding carboxylic acids is 3. The maximum atomic E-state index is 12.8. The third kappa shape index (κ3) is 4.02. The monoisotopic (exact) mass is 432 g/mol. The third-order valence-electron chi connectivity index (χ3n) is 6.68. The maximum Gasteiger partial charge on any atom is 0.233 e. The van der Waals surface area contributed by atoms with Crippen LogP contribution in [-0.2, 0) is 24.2 Å². The molecule has 162 valence electrons. The molecule has 0 aromatic heterocycles. The van der Waals surface area contributed by atoms with E-state index in [1.165, 1.54) is 11.0 Å². The van der Waals surface area contributed by atoms with E-state index in [2.05, 4.69) is 5.32 Å². The first-order chi connectivity index (χ1) is 14.4. The number of carbonyl (C=O) groups is 3. The van der Waals surface area contributed by atoms with Gasteiger partial charge in [-0.05, 0) is 43.9 Å². The lowest BCUT2D eigenvalue weighted by Crippen LogP contribution is -2.34. The molecule has 1 aromatic carbocycles. The third-order valence-corrected chi connectivity index (χ3v) is 8.94. The van der Waals surface area contributed by atoms with Crippen LogP contribution in [0.2, 0.25) is 0 Å². The van der Waals surface area contributed by atoms with E-state index >= 15 is 0 Å². The number of nitrogens with zero attached hydrogens (tertiary/aromatic N) is 1. The van der Waals surface area contributed by atoms with E-state index in [1.807, 2.05) is 0 Å². The Hall–Kier alpha value is -2.22. The van der Waals surface area contributed by atoms with Crippen LogP contribution in [0, 0.1) is 11.8 Å². The Bertz CT molecular complexity index is 928. The molecule has 0 bridgehead atoms.